The lowest BCUT2D eigenvalue weighted by atomic mass is 10.2. The number of thioether (sulfide) groups is 1. The van der Waals surface area contributed by atoms with Gasteiger partial charge in [-0.15, -0.1) is 0 Å². The number of nitrogens with zero attached hydrogens (tertiary/aromatic N) is 1. The van der Waals surface area contributed by atoms with Gasteiger partial charge in [0, 0.05) is 5.75 Å². The van der Waals surface area contributed by atoms with Crippen LogP contribution in [-0.2, 0) is 0 Å². The number of aromatic amines is 1. The largest absolute Gasteiger partial charge is 0.390 e. The van der Waals surface area contributed by atoms with Crippen LogP contribution in [0.2, 0.25) is 0 Å². The van der Waals surface area contributed by atoms with Gasteiger partial charge in [-0.3, -0.25) is 0 Å². The van der Waals surface area contributed by atoms with Crippen molar-refractivity contribution in [3.05, 3.63) is 24.3 Å². The summed E-state index contributed by atoms with van der Waals surface area (Å²) >= 11 is 1.54. The Labute approximate surface area is 92.9 Å². The van der Waals surface area contributed by atoms with Crippen LogP contribution in [-0.4, -0.2) is 26.4 Å². The SMILES string of the molecule is CC(C)(O)CSc1nc2ccccc2[nH]1. The molecule has 0 saturated carbocycles. The minimum atomic E-state index is -0.663. The molecule has 4 heteroatoms. The Morgan fingerprint density at radius 3 is 2.80 bits per heavy atom. The second-order valence-electron chi connectivity index (χ2n) is 4.16. The minimum Gasteiger partial charge on any atom is -0.390 e. The van der Waals surface area contributed by atoms with Gasteiger partial charge in [0.25, 0.3) is 0 Å². The van der Waals surface area contributed by atoms with Crippen molar-refractivity contribution in [2.45, 2.75) is 24.6 Å². The van der Waals surface area contributed by atoms with Crippen LogP contribution in [0, 0.1) is 0 Å². The third kappa shape index (κ3) is 2.73. The molecule has 80 valence electrons. The molecule has 0 unspecified atom stereocenters. The van der Waals surface area contributed by atoms with Crippen molar-refractivity contribution in [3.63, 3.8) is 0 Å². The third-order valence-electron chi connectivity index (χ3n) is 1.93. The Morgan fingerprint density at radius 2 is 2.13 bits per heavy atom. The maximum Gasteiger partial charge on any atom is 0.166 e. The van der Waals surface area contributed by atoms with Crippen LogP contribution in [0.3, 0.4) is 0 Å². The van der Waals surface area contributed by atoms with Crippen LogP contribution >= 0.6 is 11.8 Å². The quantitative estimate of drug-likeness (QED) is 0.784. The van der Waals surface area contributed by atoms with Crippen LogP contribution in [0.25, 0.3) is 11.0 Å². The average molecular weight is 222 g/mol. The number of H-pyrrole nitrogens is 1. The first-order chi connectivity index (χ1) is 7.04. The number of para-hydroxylation sites is 2. The molecule has 0 amide bonds. The molecule has 2 aromatic rings. The Bertz CT molecular complexity index is 426. The van der Waals surface area contributed by atoms with Crippen molar-refractivity contribution in [2.75, 3.05) is 5.75 Å². The van der Waals surface area contributed by atoms with E-state index in [4.69, 9.17) is 0 Å². The predicted molar refractivity (Wildman–Crippen MR) is 63.1 cm³/mol. The normalized spacial score (nSPS) is 12.2. The van der Waals surface area contributed by atoms with Gasteiger partial charge in [0.05, 0.1) is 16.6 Å². The Hall–Kier alpha value is -1.00. The first-order valence-corrected chi connectivity index (χ1v) is 5.83. The molecule has 0 fully saturated rings. The van der Waals surface area contributed by atoms with E-state index in [1.54, 1.807) is 13.8 Å². The van der Waals surface area contributed by atoms with E-state index in [9.17, 15) is 5.11 Å². The fraction of sp³-hybridized carbons (Fsp3) is 0.364. The number of nitrogens with one attached hydrogen (secondary N) is 1. The molecule has 3 nitrogen and oxygen atoms in total. The zero-order chi connectivity index (χ0) is 10.9. The molecular formula is C11H14N2OS. The highest BCUT2D eigenvalue weighted by Gasteiger charge is 2.14. The number of hydrogen-bond donors (Lipinski definition) is 2. The number of rotatable bonds is 3. The van der Waals surface area contributed by atoms with Crippen molar-refractivity contribution < 1.29 is 5.11 Å². The first-order valence-electron chi connectivity index (χ1n) is 4.84. The van der Waals surface area contributed by atoms with Gasteiger partial charge in [-0.25, -0.2) is 4.98 Å². The molecule has 0 radical (unpaired) electrons. The standard InChI is InChI=1S/C11H14N2OS/c1-11(2,14)7-15-10-12-8-5-3-4-6-9(8)13-10/h3-6,14H,7H2,1-2H3,(H,12,13). The van der Waals surface area contributed by atoms with Crippen molar-refractivity contribution in [1.29, 1.82) is 0 Å². The fourth-order valence-electron chi connectivity index (χ4n) is 1.24. The number of aliphatic hydroxyl groups is 1. The molecule has 0 aliphatic heterocycles. The Balaban J connectivity index is 2.16. The van der Waals surface area contributed by atoms with Crippen molar-refractivity contribution in [1.82, 2.24) is 9.97 Å². The number of imidazole rings is 1. The van der Waals surface area contributed by atoms with Gasteiger partial charge in [-0.1, -0.05) is 23.9 Å². The van der Waals surface area contributed by atoms with Gasteiger partial charge in [-0.05, 0) is 26.0 Å². The van der Waals surface area contributed by atoms with E-state index in [1.807, 2.05) is 24.3 Å². The summed E-state index contributed by atoms with van der Waals surface area (Å²) in [5.41, 5.74) is 1.34. The highest BCUT2D eigenvalue weighted by molar-refractivity contribution is 7.99. The van der Waals surface area contributed by atoms with Crippen LogP contribution in [0.4, 0.5) is 0 Å². The monoisotopic (exact) mass is 222 g/mol. The molecule has 0 spiro atoms. The van der Waals surface area contributed by atoms with Crippen LogP contribution in [0.5, 0.6) is 0 Å². The molecule has 2 N–H and O–H groups in total. The van der Waals surface area contributed by atoms with E-state index in [0.29, 0.717) is 5.75 Å². The third-order valence-corrected chi connectivity index (χ3v) is 3.25. The molecule has 0 aliphatic carbocycles. The summed E-state index contributed by atoms with van der Waals surface area (Å²) in [7, 11) is 0. The summed E-state index contributed by atoms with van der Waals surface area (Å²) in [5, 5.41) is 10.5. The summed E-state index contributed by atoms with van der Waals surface area (Å²) in [6, 6.07) is 7.91. The van der Waals surface area contributed by atoms with Gasteiger partial charge in [0.15, 0.2) is 5.16 Å². The van der Waals surface area contributed by atoms with E-state index in [-0.39, 0.29) is 0 Å². The second kappa shape index (κ2) is 3.87. The minimum absolute atomic E-state index is 0.632. The molecule has 2 rings (SSSR count). The molecule has 0 aliphatic rings. The van der Waals surface area contributed by atoms with E-state index in [2.05, 4.69) is 9.97 Å². The molecule has 1 aromatic heterocycles. The lowest BCUT2D eigenvalue weighted by Crippen LogP contribution is -2.21. The zero-order valence-corrected chi connectivity index (χ0v) is 9.64. The lowest BCUT2D eigenvalue weighted by molar-refractivity contribution is 0.107. The molecule has 0 atom stereocenters. The van der Waals surface area contributed by atoms with Gasteiger partial charge in [0.2, 0.25) is 0 Å². The van der Waals surface area contributed by atoms with Gasteiger partial charge >= 0.3 is 0 Å². The summed E-state index contributed by atoms with van der Waals surface area (Å²) in [6.07, 6.45) is 0. The lowest BCUT2D eigenvalue weighted by Gasteiger charge is -2.14. The zero-order valence-electron chi connectivity index (χ0n) is 8.82. The van der Waals surface area contributed by atoms with Crippen molar-refractivity contribution in [3.8, 4) is 0 Å². The number of benzene rings is 1. The van der Waals surface area contributed by atoms with Gasteiger partial charge in [0.1, 0.15) is 0 Å². The Kier molecular flexibility index (Phi) is 2.71. The van der Waals surface area contributed by atoms with Crippen LogP contribution in [0.15, 0.2) is 29.4 Å². The van der Waals surface area contributed by atoms with Crippen molar-refractivity contribution >= 4 is 22.8 Å². The summed E-state index contributed by atoms with van der Waals surface area (Å²) in [5.74, 6) is 0.632. The number of aromatic nitrogens is 2. The van der Waals surface area contributed by atoms with Gasteiger partial charge < -0.3 is 10.1 Å². The number of fused-ring (bicyclic) bond motifs is 1. The molecule has 1 aromatic carbocycles. The van der Waals surface area contributed by atoms with E-state index >= 15 is 0 Å². The average Bonchev–Trinajstić information content (AvgIpc) is 2.56. The summed E-state index contributed by atoms with van der Waals surface area (Å²) in [4.78, 5) is 7.62. The molecule has 0 bridgehead atoms. The molecule has 0 saturated heterocycles. The van der Waals surface area contributed by atoms with Crippen molar-refractivity contribution in [2.24, 2.45) is 0 Å². The predicted octanol–water partition coefficient (Wildman–Crippen LogP) is 2.43. The number of hydrogen-bond acceptors (Lipinski definition) is 3. The summed E-state index contributed by atoms with van der Waals surface area (Å²) in [6.45, 7) is 3.59. The second-order valence-corrected chi connectivity index (χ2v) is 5.12. The van der Waals surface area contributed by atoms with E-state index < -0.39 is 5.60 Å². The maximum atomic E-state index is 9.59. The first kappa shape index (κ1) is 10.5. The smallest absolute Gasteiger partial charge is 0.166 e. The highest BCUT2D eigenvalue weighted by atomic mass is 32.2. The van der Waals surface area contributed by atoms with Crippen LogP contribution in [0.1, 0.15) is 13.8 Å². The van der Waals surface area contributed by atoms with Gasteiger partial charge in [-0.2, -0.15) is 0 Å². The fourth-order valence-corrected chi connectivity index (χ4v) is 2.08. The molecule has 15 heavy (non-hydrogen) atoms. The highest BCUT2D eigenvalue weighted by Crippen LogP contribution is 2.22. The topological polar surface area (TPSA) is 48.9 Å². The molecular weight excluding hydrogens is 208 g/mol. The summed E-state index contributed by atoms with van der Waals surface area (Å²) < 4.78 is 0. The van der Waals surface area contributed by atoms with Crippen LogP contribution < -0.4 is 0 Å². The maximum absolute atomic E-state index is 9.59. The molecule has 1 heterocycles. The van der Waals surface area contributed by atoms with E-state index in [0.717, 1.165) is 16.2 Å². The van der Waals surface area contributed by atoms with E-state index in [1.165, 1.54) is 11.8 Å². The Morgan fingerprint density at radius 1 is 1.40 bits per heavy atom.